The Kier molecular flexibility index (Phi) is 6.28. The number of amides is 1. The number of aryl methyl sites for hydroxylation is 1. The number of rotatable bonds is 8. The average molecular weight is 592 g/mol. The molecule has 1 aliphatic carbocycles. The first-order chi connectivity index (χ1) is 20.1. The topological polar surface area (TPSA) is 128 Å². The molecule has 2 saturated heterocycles. The normalized spacial score (nSPS) is 22.0. The van der Waals surface area contributed by atoms with E-state index in [4.69, 9.17) is 20.4 Å². The van der Waals surface area contributed by atoms with Gasteiger partial charge in [0.15, 0.2) is 5.88 Å². The highest BCUT2D eigenvalue weighted by atomic mass is 32.2. The van der Waals surface area contributed by atoms with Crippen molar-refractivity contribution in [3.63, 3.8) is 0 Å². The summed E-state index contributed by atoms with van der Waals surface area (Å²) in [6, 6.07) is 9.71. The predicted octanol–water partition coefficient (Wildman–Crippen LogP) is 3.57. The van der Waals surface area contributed by atoms with Crippen molar-refractivity contribution in [3.05, 3.63) is 41.6 Å². The Morgan fingerprint density at radius 3 is 2.55 bits per heavy atom. The first kappa shape index (κ1) is 27.2. The quantitative estimate of drug-likeness (QED) is 0.332. The Morgan fingerprint density at radius 1 is 1.14 bits per heavy atom. The Morgan fingerprint density at radius 2 is 1.93 bits per heavy atom. The number of aromatic nitrogens is 4. The minimum absolute atomic E-state index is 0.0237. The number of carbonyl (C=O) groups is 1. The molecule has 4 aromatic rings. The van der Waals surface area contributed by atoms with Gasteiger partial charge in [0.05, 0.1) is 24.8 Å². The predicted molar refractivity (Wildman–Crippen MR) is 161 cm³/mol. The minimum atomic E-state index is -3.47. The Bertz CT molecular complexity index is 1840. The number of hydrogen-bond acceptors (Lipinski definition) is 7. The SMILES string of the molecule is CCN(c1ccc2cc(-c3nc4cc(C(=O)N5[C@H]6CC[C@@H]5[C@H](N)C6)cc(OC)n4c3C)n(CC3CC3)c2n1)S(C)(=O)=O. The molecule has 0 radical (unpaired) electrons. The molecule has 2 N–H and O–H groups in total. The minimum Gasteiger partial charge on any atom is -0.482 e. The van der Waals surface area contributed by atoms with Gasteiger partial charge in [0.25, 0.3) is 5.91 Å². The van der Waals surface area contributed by atoms with Crippen LogP contribution in [0.2, 0.25) is 0 Å². The number of hydrogen-bond donors (Lipinski definition) is 1. The van der Waals surface area contributed by atoms with Gasteiger partial charge in [-0.25, -0.2) is 18.4 Å². The monoisotopic (exact) mass is 591 g/mol. The molecule has 11 nitrogen and oxygen atoms in total. The number of carbonyl (C=O) groups excluding carboxylic acids is 1. The van der Waals surface area contributed by atoms with Crippen LogP contribution in [0.1, 0.15) is 55.1 Å². The molecule has 12 heteroatoms. The molecular weight excluding hydrogens is 554 g/mol. The van der Waals surface area contributed by atoms with Crippen LogP contribution in [0.3, 0.4) is 0 Å². The van der Waals surface area contributed by atoms with E-state index in [1.807, 2.05) is 28.4 Å². The zero-order valence-electron chi connectivity index (χ0n) is 24.4. The molecule has 1 amide bonds. The van der Waals surface area contributed by atoms with Crippen LogP contribution in [0.5, 0.6) is 5.88 Å². The van der Waals surface area contributed by atoms with Crippen LogP contribution in [-0.4, -0.2) is 76.2 Å². The van der Waals surface area contributed by atoms with Crippen molar-refractivity contribution in [2.45, 2.75) is 70.6 Å². The van der Waals surface area contributed by atoms with Crippen molar-refractivity contribution in [1.82, 2.24) is 23.8 Å². The van der Waals surface area contributed by atoms with Gasteiger partial charge in [0.1, 0.15) is 22.8 Å². The lowest BCUT2D eigenvalue weighted by molar-refractivity contribution is 0.0726. The van der Waals surface area contributed by atoms with Gasteiger partial charge in [-0.3, -0.25) is 13.5 Å². The molecular formula is C30H37N7O4S. The zero-order valence-corrected chi connectivity index (χ0v) is 25.3. The lowest BCUT2D eigenvalue weighted by Crippen LogP contribution is -2.40. The average Bonchev–Trinajstić information content (AvgIpc) is 3.27. The second-order valence-corrected chi connectivity index (χ2v) is 13.9. The number of nitrogens with two attached hydrogens (primary N) is 1. The van der Waals surface area contributed by atoms with Crippen LogP contribution in [0.25, 0.3) is 28.1 Å². The summed E-state index contributed by atoms with van der Waals surface area (Å²) in [6.07, 6.45) is 6.29. The first-order valence-corrected chi connectivity index (χ1v) is 16.6. The highest BCUT2D eigenvalue weighted by molar-refractivity contribution is 7.92. The van der Waals surface area contributed by atoms with E-state index >= 15 is 0 Å². The molecule has 42 heavy (non-hydrogen) atoms. The van der Waals surface area contributed by atoms with Gasteiger partial charge in [-0.1, -0.05) is 0 Å². The molecule has 2 bridgehead atoms. The van der Waals surface area contributed by atoms with Crippen molar-refractivity contribution in [2.75, 3.05) is 24.2 Å². The maximum Gasteiger partial charge on any atom is 0.254 e. The van der Waals surface area contributed by atoms with E-state index in [9.17, 15) is 13.2 Å². The maximum absolute atomic E-state index is 13.7. The van der Waals surface area contributed by atoms with Crippen LogP contribution in [-0.2, 0) is 16.6 Å². The van der Waals surface area contributed by atoms with E-state index in [0.29, 0.717) is 35.4 Å². The fourth-order valence-corrected chi connectivity index (χ4v) is 7.97. The second kappa shape index (κ2) is 9.70. The molecule has 4 aromatic heterocycles. The van der Waals surface area contributed by atoms with Crippen molar-refractivity contribution < 1.29 is 17.9 Å². The summed E-state index contributed by atoms with van der Waals surface area (Å²) in [5.41, 5.74) is 10.8. The lowest BCUT2D eigenvalue weighted by atomic mass is 9.97. The number of nitrogens with zero attached hydrogens (tertiary/aromatic N) is 6. The van der Waals surface area contributed by atoms with Gasteiger partial charge < -0.3 is 19.9 Å². The molecule has 222 valence electrons. The van der Waals surface area contributed by atoms with Gasteiger partial charge in [-0.05, 0) is 76.1 Å². The number of pyridine rings is 2. The summed E-state index contributed by atoms with van der Waals surface area (Å²) in [4.78, 5) is 25.6. The molecule has 3 aliphatic rings. The molecule has 3 atom stereocenters. The van der Waals surface area contributed by atoms with Crippen molar-refractivity contribution >= 4 is 38.4 Å². The molecule has 1 saturated carbocycles. The van der Waals surface area contributed by atoms with Crippen LogP contribution in [0, 0.1) is 12.8 Å². The third-order valence-electron chi connectivity index (χ3n) is 9.25. The third-order valence-corrected chi connectivity index (χ3v) is 10.5. The van der Waals surface area contributed by atoms with E-state index < -0.39 is 10.0 Å². The summed E-state index contributed by atoms with van der Waals surface area (Å²) in [6.45, 7) is 4.87. The lowest BCUT2D eigenvalue weighted by Gasteiger charge is -2.23. The molecule has 0 unspecified atom stereocenters. The van der Waals surface area contributed by atoms with Crippen molar-refractivity contribution in [2.24, 2.45) is 11.7 Å². The fraction of sp³-hybridized carbons (Fsp3) is 0.500. The van der Waals surface area contributed by atoms with Gasteiger partial charge in [-0.15, -0.1) is 0 Å². The first-order valence-electron chi connectivity index (χ1n) is 14.7. The van der Waals surface area contributed by atoms with Gasteiger partial charge in [0.2, 0.25) is 10.0 Å². The Balaban J connectivity index is 1.35. The van der Waals surface area contributed by atoms with E-state index in [1.54, 1.807) is 26.2 Å². The standard InChI is InChI=1S/C30H37N7O4S/c1-5-35(42(4,39)40)25-11-8-19-12-24(34(29(19)33-25)16-18-6-7-18)28-17(2)36-26(32-28)13-20(14-27(36)41-3)30(38)37-21-9-10-23(37)22(31)15-21/h8,11-14,18,21-23H,5-7,9-10,15-16,31H2,1-4H3/t21-,22+,23+/m0/s1. The summed E-state index contributed by atoms with van der Waals surface area (Å²) in [7, 11) is -1.86. The van der Waals surface area contributed by atoms with Crippen LogP contribution < -0.4 is 14.8 Å². The molecule has 0 spiro atoms. The largest absolute Gasteiger partial charge is 0.482 e. The van der Waals surface area contributed by atoms with Gasteiger partial charge in [0, 0.05) is 48.2 Å². The van der Waals surface area contributed by atoms with Crippen molar-refractivity contribution in [1.29, 1.82) is 0 Å². The Hall–Kier alpha value is -3.64. The molecule has 3 fully saturated rings. The zero-order chi connectivity index (χ0) is 29.5. The molecule has 0 aromatic carbocycles. The highest BCUT2D eigenvalue weighted by Gasteiger charge is 2.47. The van der Waals surface area contributed by atoms with Crippen LogP contribution in [0.4, 0.5) is 5.82 Å². The number of sulfonamides is 1. The van der Waals surface area contributed by atoms with Crippen LogP contribution in [0.15, 0.2) is 30.3 Å². The van der Waals surface area contributed by atoms with E-state index in [1.165, 1.54) is 10.6 Å². The summed E-state index contributed by atoms with van der Waals surface area (Å²) < 4.78 is 36.1. The van der Waals surface area contributed by atoms with Gasteiger partial charge in [-0.2, -0.15) is 0 Å². The highest BCUT2D eigenvalue weighted by Crippen LogP contribution is 2.40. The van der Waals surface area contributed by atoms with Gasteiger partial charge >= 0.3 is 0 Å². The fourth-order valence-electron chi connectivity index (χ4n) is 7.06. The Labute approximate surface area is 245 Å². The third kappa shape index (κ3) is 4.26. The maximum atomic E-state index is 13.7. The summed E-state index contributed by atoms with van der Waals surface area (Å²) in [5, 5.41) is 0.916. The molecule has 7 rings (SSSR count). The number of anilines is 1. The van der Waals surface area contributed by atoms with E-state index in [2.05, 4.69) is 10.6 Å². The number of imidazole rings is 1. The summed E-state index contributed by atoms with van der Waals surface area (Å²) in [5.74, 6) is 1.46. The number of methoxy groups -OCH3 is 1. The second-order valence-electron chi connectivity index (χ2n) is 12.0. The summed E-state index contributed by atoms with van der Waals surface area (Å²) >= 11 is 0. The number of fused-ring (bicyclic) bond motifs is 4. The van der Waals surface area contributed by atoms with Crippen molar-refractivity contribution in [3.8, 4) is 17.3 Å². The number of ether oxygens (including phenoxy) is 1. The molecule has 2 aliphatic heterocycles. The van der Waals surface area contributed by atoms with E-state index in [0.717, 1.165) is 66.8 Å². The smallest absolute Gasteiger partial charge is 0.254 e. The molecule has 6 heterocycles. The van der Waals surface area contributed by atoms with Crippen LogP contribution >= 0.6 is 0 Å². The van der Waals surface area contributed by atoms with E-state index in [-0.39, 0.29) is 24.0 Å².